The third-order valence-corrected chi connectivity index (χ3v) is 7.07. The van der Waals surface area contributed by atoms with E-state index < -0.39 is 0 Å². The van der Waals surface area contributed by atoms with Crippen LogP contribution in [-0.2, 0) is 21.7 Å². The molecule has 0 radical (unpaired) electrons. The van der Waals surface area contributed by atoms with Crippen LogP contribution in [0.5, 0.6) is 0 Å². The van der Waals surface area contributed by atoms with E-state index in [1.165, 1.54) is 0 Å². The molecule has 21 heavy (non-hydrogen) atoms. The first-order valence-electron chi connectivity index (χ1n) is 6.76. The molecule has 4 aliphatic rings. The second-order valence-corrected chi connectivity index (χ2v) is 9.60. The van der Waals surface area contributed by atoms with Crippen molar-refractivity contribution >= 4 is 47.0 Å². The topological polar surface area (TPSA) is 80.9 Å². The molecule has 0 aromatic carbocycles. The van der Waals surface area contributed by atoms with E-state index in [4.69, 9.17) is 20.4 Å². The Bertz CT molecular complexity index is 189. The van der Waals surface area contributed by atoms with Gasteiger partial charge in [-0.05, 0) is 48.7 Å². The van der Waals surface area contributed by atoms with Crippen LogP contribution >= 0.6 is 47.0 Å². The Balaban J connectivity index is 0.000000250. The van der Waals surface area contributed by atoms with Gasteiger partial charge in [-0.15, -0.1) is 47.0 Å². The van der Waals surface area contributed by atoms with Gasteiger partial charge in [-0.1, -0.05) is 0 Å². The molecule has 4 unspecified atom stereocenters. The van der Waals surface area contributed by atoms with Crippen LogP contribution in [0.2, 0.25) is 0 Å². The van der Waals surface area contributed by atoms with Gasteiger partial charge in [0, 0.05) is 21.7 Å². The van der Waals surface area contributed by atoms with E-state index in [1.54, 1.807) is 47.0 Å². The summed E-state index contributed by atoms with van der Waals surface area (Å²) in [5.74, 6) is 4.62. The Hall–Kier alpha value is 1.95. The minimum absolute atomic E-state index is 0. The Kier molecular flexibility index (Phi) is 15.6. The molecule has 0 spiro atoms. The number of hydrogen-bond donors (Lipinski definition) is 4. The second kappa shape index (κ2) is 14.3. The summed E-state index contributed by atoms with van der Waals surface area (Å²) < 4.78 is 0. The molecule has 0 amide bonds. The van der Waals surface area contributed by atoms with Crippen LogP contribution in [0.25, 0.3) is 0 Å². The van der Waals surface area contributed by atoms with Crippen molar-refractivity contribution in [2.75, 3.05) is 23.0 Å². The molecule has 4 atom stereocenters. The first kappa shape index (κ1) is 23.0. The third kappa shape index (κ3) is 13.0. The molecule has 9 heteroatoms. The van der Waals surface area contributed by atoms with Gasteiger partial charge < -0.3 is 20.4 Å². The maximum atomic E-state index is 8.41. The first-order valence-corrected chi connectivity index (χ1v) is 11.0. The van der Waals surface area contributed by atoms with E-state index in [-0.39, 0.29) is 43.5 Å². The first-order chi connectivity index (χ1) is 9.58. The molecule has 4 saturated heterocycles. The van der Waals surface area contributed by atoms with Crippen molar-refractivity contribution < 1.29 is 42.1 Å². The Morgan fingerprint density at radius 3 is 0.571 bits per heavy atom. The van der Waals surface area contributed by atoms with Crippen molar-refractivity contribution in [2.24, 2.45) is 0 Å². The number of thioether (sulfide) groups is 4. The summed E-state index contributed by atoms with van der Waals surface area (Å²) in [5, 5.41) is 33.6. The van der Waals surface area contributed by atoms with Crippen molar-refractivity contribution in [1.29, 1.82) is 0 Å². The minimum atomic E-state index is -0.0185. The van der Waals surface area contributed by atoms with Crippen molar-refractivity contribution in [3.8, 4) is 0 Å². The minimum Gasteiger partial charge on any atom is -0.382 e. The average Bonchev–Trinajstić information content (AvgIpc) is 2.31. The molecular formula is C12H24O4S4Ti. The van der Waals surface area contributed by atoms with Gasteiger partial charge in [0.25, 0.3) is 0 Å². The number of aliphatic hydroxyl groups excluding tert-OH is 4. The maximum absolute atomic E-state index is 8.41. The fourth-order valence-corrected chi connectivity index (χ4v) is 2.68. The molecule has 0 aromatic heterocycles. The molecular weight excluding hydrogens is 384 g/mol. The largest absolute Gasteiger partial charge is 0.382 e. The summed E-state index contributed by atoms with van der Waals surface area (Å²) in [7, 11) is 0. The Morgan fingerprint density at radius 1 is 0.476 bits per heavy atom. The normalized spacial score (nSPS) is 34.9. The van der Waals surface area contributed by atoms with Crippen LogP contribution in [0, 0.1) is 0 Å². The summed E-state index contributed by atoms with van der Waals surface area (Å²) in [6.45, 7) is 0. The quantitative estimate of drug-likeness (QED) is 0.452. The third-order valence-electron chi connectivity index (χ3n) is 2.70. The van der Waals surface area contributed by atoms with E-state index in [9.17, 15) is 0 Å². The van der Waals surface area contributed by atoms with Crippen LogP contribution < -0.4 is 0 Å². The maximum Gasteiger partial charge on any atom is 0.100 e. The number of hydrogen-bond acceptors (Lipinski definition) is 8. The van der Waals surface area contributed by atoms with E-state index in [0.717, 1.165) is 48.7 Å². The fraction of sp³-hybridized carbons (Fsp3) is 1.00. The van der Waals surface area contributed by atoms with Gasteiger partial charge in [0.05, 0.1) is 0 Å². The van der Waals surface area contributed by atoms with Gasteiger partial charge in [0.1, 0.15) is 21.7 Å². The van der Waals surface area contributed by atoms with Crippen LogP contribution in [0.4, 0.5) is 0 Å². The van der Waals surface area contributed by atoms with Crippen LogP contribution in [0.15, 0.2) is 0 Å². The van der Waals surface area contributed by atoms with Crippen molar-refractivity contribution in [2.45, 2.75) is 47.4 Å². The average molecular weight is 408 g/mol. The van der Waals surface area contributed by atoms with E-state index in [0.29, 0.717) is 0 Å². The molecule has 4 heterocycles. The van der Waals surface area contributed by atoms with Crippen LogP contribution in [0.1, 0.15) is 25.7 Å². The molecule has 4 rings (SSSR count). The zero-order valence-electron chi connectivity index (χ0n) is 11.9. The van der Waals surface area contributed by atoms with Crippen LogP contribution in [-0.4, -0.2) is 65.2 Å². The molecule has 0 bridgehead atoms. The molecule has 4 nitrogen and oxygen atoms in total. The fourth-order valence-electron chi connectivity index (χ4n) is 0.893. The molecule has 4 N–H and O–H groups in total. The van der Waals surface area contributed by atoms with Crippen molar-refractivity contribution in [3.05, 3.63) is 0 Å². The smallest absolute Gasteiger partial charge is 0.100 e. The van der Waals surface area contributed by atoms with E-state index >= 15 is 0 Å². The van der Waals surface area contributed by atoms with Crippen LogP contribution in [0.3, 0.4) is 0 Å². The summed E-state index contributed by atoms with van der Waals surface area (Å²) in [4.78, 5) is 0. The van der Waals surface area contributed by atoms with Gasteiger partial charge >= 0.3 is 0 Å². The molecule has 4 fully saturated rings. The van der Waals surface area contributed by atoms with E-state index in [2.05, 4.69) is 0 Å². The monoisotopic (exact) mass is 408 g/mol. The molecule has 124 valence electrons. The number of rotatable bonds is 0. The zero-order valence-corrected chi connectivity index (χ0v) is 16.7. The molecule has 0 aliphatic carbocycles. The van der Waals surface area contributed by atoms with Crippen molar-refractivity contribution in [3.63, 3.8) is 0 Å². The number of aliphatic hydroxyl groups is 4. The van der Waals surface area contributed by atoms with Gasteiger partial charge in [-0.3, -0.25) is 0 Å². The van der Waals surface area contributed by atoms with E-state index in [1.807, 2.05) is 0 Å². The predicted octanol–water partition coefficient (Wildman–Crippen LogP) is 1.76. The SMILES string of the molecule is OC1CCS1.OC1CCS1.OC1CCS1.OC1CCS1.[Ti]. The summed E-state index contributed by atoms with van der Waals surface area (Å²) in [6, 6.07) is 0. The van der Waals surface area contributed by atoms with Gasteiger partial charge in [-0.25, -0.2) is 0 Å². The standard InChI is InChI=1S/4C3H6OS.Ti/c4*4-3-1-2-5-3;/h4*3-4H,1-2H2;. The van der Waals surface area contributed by atoms with Crippen molar-refractivity contribution in [1.82, 2.24) is 0 Å². The Labute approximate surface area is 158 Å². The van der Waals surface area contributed by atoms with Gasteiger partial charge in [-0.2, -0.15) is 0 Å². The van der Waals surface area contributed by atoms with Gasteiger partial charge in [0.2, 0.25) is 0 Å². The Morgan fingerprint density at radius 2 is 0.571 bits per heavy atom. The molecule has 0 aromatic rings. The zero-order chi connectivity index (χ0) is 14.8. The second-order valence-electron chi connectivity index (χ2n) is 4.46. The molecule has 4 aliphatic heterocycles. The predicted molar refractivity (Wildman–Crippen MR) is 92.3 cm³/mol. The van der Waals surface area contributed by atoms with Gasteiger partial charge in [0.15, 0.2) is 0 Å². The molecule has 0 saturated carbocycles. The summed E-state index contributed by atoms with van der Waals surface area (Å²) in [6.07, 6.45) is 4.02. The summed E-state index contributed by atoms with van der Waals surface area (Å²) in [5.41, 5.74) is -0.0741. The summed E-state index contributed by atoms with van der Waals surface area (Å²) >= 11 is 6.46.